The van der Waals surface area contributed by atoms with Gasteiger partial charge in [-0.05, 0) is 37.0 Å². The molecule has 0 aliphatic carbocycles. The second kappa shape index (κ2) is 10.1. The minimum atomic E-state index is -0.423. The van der Waals surface area contributed by atoms with E-state index in [0.29, 0.717) is 32.5 Å². The van der Waals surface area contributed by atoms with Gasteiger partial charge in [-0.15, -0.1) is 0 Å². The second-order valence-electron chi connectivity index (χ2n) is 6.13. The Bertz CT molecular complexity index is 692. The zero-order valence-corrected chi connectivity index (χ0v) is 14.7. The molecule has 7 nitrogen and oxygen atoms in total. The summed E-state index contributed by atoms with van der Waals surface area (Å²) in [4.78, 5) is 25.3. The van der Waals surface area contributed by atoms with Gasteiger partial charge in [-0.3, -0.25) is 9.59 Å². The van der Waals surface area contributed by atoms with Gasteiger partial charge in [0.1, 0.15) is 17.4 Å². The molecule has 0 atom stereocenters. The zero-order chi connectivity index (χ0) is 18.8. The van der Waals surface area contributed by atoms with E-state index in [2.05, 4.69) is 10.6 Å². The summed E-state index contributed by atoms with van der Waals surface area (Å²) in [6.07, 6.45) is 4.36. The summed E-state index contributed by atoms with van der Waals surface area (Å²) in [5.41, 5.74) is 1.01. The zero-order valence-electron chi connectivity index (χ0n) is 14.7. The van der Waals surface area contributed by atoms with Crippen molar-refractivity contribution >= 4 is 11.8 Å². The SMILES string of the molecule is N#C/C(=C/NCCCN1CCCC1=O)C(=O)NCCc1ccc(O)cc1. The number of aromatic hydroxyl groups is 1. The molecule has 7 heteroatoms. The molecular formula is C19H24N4O3. The number of phenols is 1. The van der Waals surface area contributed by atoms with Gasteiger partial charge >= 0.3 is 0 Å². The highest BCUT2D eigenvalue weighted by Crippen LogP contribution is 2.10. The molecule has 0 radical (unpaired) electrons. The van der Waals surface area contributed by atoms with Crippen LogP contribution in [0, 0.1) is 11.3 Å². The molecular weight excluding hydrogens is 332 g/mol. The third-order valence-electron chi connectivity index (χ3n) is 4.17. The van der Waals surface area contributed by atoms with Crippen LogP contribution < -0.4 is 10.6 Å². The number of benzene rings is 1. The Kier molecular flexibility index (Phi) is 7.49. The summed E-state index contributed by atoms with van der Waals surface area (Å²) in [6, 6.07) is 8.65. The van der Waals surface area contributed by atoms with Crippen LogP contribution in [0.3, 0.4) is 0 Å². The van der Waals surface area contributed by atoms with Crippen molar-refractivity contribution < 1.29 is 14.7 Å². The molecule has 2 amide bonds. The number of hydrogen-bond acceptors (Lipinski definition) is 5. The fraction of sp³-hybridized carbons (Fsp3) is 0.421. The molecule has 0 unspecified atom stereocenters. The normalized spacial score (nSPS) is 14.2. The van der Waals surface area contributed by atoms with Crippen molar-refractivity contribution in [1.29, 1.82) is 5.26 Å². The van der Waals surface area contributed by atoms with Crippen LogP contribution in [-0.4, -0.2) is 48.0 Å². The Morgan fingerprint density at radius 3 is 2.73 bits per heavy atom. The predicted octanol–water partition coefficient (Wildman–Crippen LogP) is 1.06. The van der Waals surface area contributed by atoms with Crippen molar-refractivity contribution in [2.45, 2.75) is 25.7 Å². The maximum atomic E-state index is 12.0. The molecule has 1 aromatic carbocycles. The van der Waals surface area contributed by atoms with Gasteiger partial charge in [0.05, 0.1) is 0 Å². The molecule has 138 valence electrons. The summed E-state index contributed by atoms with van der Waals surface area (Å²) in [7, 11) is 0. The van der Waals surface area contributed by atoms with E-state index in [1.165, 1.54) is 6.20 Å². The molecule has 0 bridgehead atoms. The van der Waals surface area contributed by atoms with E-state index in [1.807, 2.05) is 11.0 Å². The Morgan fingerprint density at radius 1 is 1.31 bits per heavy atom. The largest absolute Gasteiger partial charge is 0.508 e. The van der Waals surface area contributed by atoms with Gasteiger partial charge in [-0.25, -0.2) is 0 Å². The van der Waals surface area contributed by atoms with Gasteiger partial charge in [-0.2, -0.15) is 5.26 Å². The van der Waals surface area contributed by atoms with E-state index >= 15 is 0 Å². The van der Waals surface area contributed by atoms with E-state index < -0.39 is 5.91 Å². The predicted molar refractivity (Wildman–Crippen MR) is 97.0 cm³/mol. The molecule has 1 heterocycles. The lowest BCUT2D eigenvalue weighted by atomic mass is 10.1. The average molecular weight is 356 g/mol. The van der Waals surface area contributed by atoms with Crippen LogP contribution in [0.4, 0.5) is 0 Å². The molecule has 2 rings (SSSR count). The standard InChI is InChI=1S/C19H24N4O3/c20-13-16(14-21-9-2-12-23-11-1-3-18(23)25)19(26)22-10-8-15-4-6-17(24)7-5-15/h4-7,14,21,24H,1-3,8-12H2,(H,22,26)/b16-14-. The molecule has 1 aliphatic heterocycles. The maximum Gasteiger partial charge on any atom is 0.263 e. The van der Waals surface area contributed by atoms with Crippen LogP contribution in [0.5, 0.6) is 5.75 Å². The van der Waals surface area contributed by atoms with Crippen LogP contribution in [0.1, 0.15) is 24.8 Å². The van der Waals surface area contributed by atoms with Gasteiger partial charge in [-0.1, -0.05) is 12.1 Å². The number of nitrogens with zero attached hydrogens (tertiary/aromatic N) is 2. The van der Waals surface area contributed by atoms with Crippen LogP contribution >= 0.6 is 0 Å². The summed E-state index contributed by atoms with van der Waals surface area (Å²) < 4.78 is 0. The maximum absolute atomic E-state index is 12.0. The van der Waals surface area contributed by atoms with Crippen LogP contribution in [0.2, 0.25) is 0 Å². The van der Waals surface area contributed by atoms with Crippen molar-refractivity contribution in [2.75, 3.05) is 26.2 Å². The summed E-state index contributed by atoms with van der Waals surface area (Å²) in [6.45, 7) is 2.51. The Hall–Kier alpha value is -3.01. The van der Waals surface area contributed by atoms with Gasteiger partial charge < -0.3 is 20.6 Å². The van der Waals surface area contributed by atoms with Crippen molar-refractivity contribution in [2.24, 2.45) is 0 Å². The molecule has 0 spiro atoms. The Morgan fingerprint density at radius 2 is 2.08 bits per heavy atom. The topological polar surface area (TPSA) is 105 Å². The van der Waals surface area contributed by atoms with E-state index in [9.17, 15) is 14.7 Å². The highest BCUT2D eigenvalue weighted by molar-refractivity contribution is 5.97. The minimum absolute atomic E-state index is 0.0213. The number of hydrogen-bond donors (Lipinski definition) is 3. The first-order valence-corrected chi connectivity index (χ1v) is 8.77. The van der Waals surface area contributed by atoms with Gasteiger partial charge in [0.25, 0.3) is 5.91 Å². The fourth-order valence-corrected chi connectivity index (χ4v) is 2.71. The molecule has 1 fully saturated rings. The minimum Gasteiger partial charge on any atom is -0.508 e. The summed E-state index contributed by atoms with van der Waals surface area (Å²) in [5.74, 6) is -0.0209. The quantitative estimate of drug-likeness (QED) is 0.349. The lowest BCUT2D eigenvalue weighted by Gasteiger charge is -2.14. The van der Waals surface area contributed by atoms with E-state index in [0.717, 1.165) is 24.9 Å². The molecule has 0 aromatic heterocycles. The number of likely N-dealkylation sites (tertiary alicyclic amines) is 1. The molecule has 1 aromatic rings. The number of nitriles is 1. The number of phenolic OH excluding ortho intramolecular Hbond substituents is 1. The van der Waals surface area contributed by atoms with Crippen molar-refractivity contribution in [3.63, 3.8) is 0 Å². The first-order chi connectivity index (χ1) is 12.6. The number of carbonyl (C=O) groups is 2. The van der Waals surface area contributed by atoms with E-state index in [1.54, 1.807) is 24.3 Å². The number of rotatable bonds is 9. The Labute approximate surface area is 153 Å². The van der Waals surface area contributed by atoms with Gasteiger partial charge in [0.2, 0.25) is 5.91 Å². The smallest absolute Gasteiger partial charge is 0.263 e. The first kappa shape index (κ1) is 19.3. The fourth-order valence-electron chi connectivity index (χ4n) is 2.71. The van der Waals surface area contributed by atoms with Crippen molar-refractivity contribution in [3.05, 3.63) is 41.6 Å². The van der Waals surface area contributed by atoms with Crippen molar-refractivity contribution in [1.82, 2.24) is 15.5 Å². The highest BCUT2D eigenvalue weighted by Gasteiger charge is 2.18. The average Bonchev–Trinajstić information content (AvgIpc) is 3.04. The molecule has 26 heavy (non-hydrogen) atoms. The van der Waals surface area contributed by atoms with Crippen LogP contribution in [0.15, 0.2) is 36.0 Å². The van der Waals surface area contributed by atoms with Crippen LogP contribution in [-0.2, 0) is 16.0 Å². The lowest BCUT2D eigenvalue weighted by Crippen LogP contribution is -2.29. The van der Waals surface area contributed by atoms with E-state index in [4.69, 9.17) is 5.26 Å². The monoisotopic (exact) mass is 356 g/mol. The summed E-state index contributed by atoms with van der Waals surface area (Å²) >= 11 is 0. The summed E-state index contributed by atoms with van der Waals surface area (Å²) in [5, 5.41) is 24.0. The Balaban J connectivity index is 1.66. The lowest BCUT2D eigenvalue weighted by molar-refractivity contribution is -0.127. The molecule has 1 saturated heterocycles. The van der Waals surface area contributed by atoms with Gasteiger partial charge in [0.15, 0.2) is 0 Å². The second-order valence-corrected chi connectivity index (χ2v) is 6.13. The third-order valence-corrected chi connectivity index (χ3v) is 4.17. The van der Waals surface area contributed by atoms with Gasteiger partial charge in [0, 0.05) is 38.8 Å². The van der Waals surface area contributed by atoms with Crippen LogP contribution in [0.25, 0.3) is 0 Å². The van der Waals surface area contributed by atoms with E-state index in [-0.39, 0.29) is 17.2 Å². The number of amides is 2. The number of nitrogens with one attached hydrogen (secondary N) is 2. The first-order valence-electron chi connectivity index (χ1n) is 8.77. The number of carbonyl (C=O) groups excluding carboxylic acids is 2. The van der Waals surface area contributed by atoms with Crippen molar-refractivity contribution in [3.8, 4) is 11.8 Å². The third kappa shape index (κ3) is 6.13. The highest BCUT2D eigenvalue weighted by atomic mass is 16.3. The molecule has 0 saturated carbocycles. The molecule has 3 N–H and O–H groups in total. The molecule has 1 aliphatic rings.